The fraction of sp³-hybridized carbons (Fsp3) is 0.923. The molecule has 1 aliphatic carbocycles. The fourth-order valence-corrected chi connectivity index (χ4v) is 2.59. The van der Waals surface area contributed by atoms with Gasteiger partial charge in [0.05, 0.1) is 6.04 Å². The monoisotopic (exact) mass is 241 g/mol. The molecule has 1 amide bonds. The molecule has 2 N–H and O–H groups in total. The van der Waals surface area contributed by atoms with E-state index in [2.05, 4.69) is 22.6 Å². The van der Waals surface area contributed by atoms with E-state index in [4.69, 9.17) is 0 Å². The molecule has 1 atom stereocenters. The van der Waals surface area contributed by atoms with Crippen molar-refractivity contribution in [1.82, 2.24) is 15.5 Å². The molecule has 1 aliphatic rings. The third-order valence-corrected chi connectivity index (χ3v) is 4.02. The van der Waals surface area contributed by atoms with Crippen molar-refractivity contribution in [2.45, 2.75) is 57.7 Å². The largest absolute Gasteiger partial charge is 0.355 e. The third kappa shape index (κ3) is 3.96. The zero-order chi connectivity index (χ0) is 12.8. The standard InChI is InChI=1S/C13H27N3O/c1-5-15-13(17)10(2)16(4)12-8-6-11(14-3)7-9-12/h10-12,14H,5-9H2,1-4H3,(H,15,17). The van der Waals surface area contributed by atoms with E-state index in [1.807, 2.05) is 20.9 Å². The minimum Gasteiger partial charge on any atom is -0.355 e. The Labute approximate surface area is 105 Å². The normalized spacial score (nSPS) is 26.9. The maximum Gasteiger partial charge on any atom is 0.237 e. The molecule has 4 nitrogen and oxygen atoms in total. The van der Waals surface area contributed by atoms with Crippen LogP contribution in [0.4, 0.5) is 0 Å². The fourth-order valence-electron chi connectivity index (χ4n) is 2.59. The van der Waals surface area contributed by atoms with Crippen LogP contribution in [0.1, 0.15) is 39.5 Å². The smallest absolute Gasteiger partial charge is 0.237 e. The van der Waals surface area contributed by atoms with Crippen LogP contribution in [-0.4, -0.2) is 49.6 Å². The number of likely N-dealkylation sites (N-methyl/N-ethyl adjacent to an activating group) is 2. The van der Waals surface area contributed by atoms with Gasteiger partial charge < -0.3 is 10.6 Å². The van der Waals surface area contributed by atoms with Crippen molar-refractivity contribution < 1.29 is 4.79 Å². The minimum atomic E-state index is -0.0221. The second-order valence-corrected chi connectivity index (χ2v) is 5.03. The molecule has 1 rings (SSSR count). The first-order valence-electron chi connectivity index (χ1n) is 6.77. The van der Waals surface area contributed by atoms with Crippen LogP contribution in [0, 0.1) is 0 Å². The number of rotatable bonds is 5. The van der Waals surface area contributed by atoms with Gasteiger partial charge in [-0.2, -0.15) is 0 Å². The van der Waals surface area contributed by atoms with Gasteiger partial charge in [-0.15, -0.1) is 0 Å². The van der Waals surface area contributed by atoms with Crippen molar-refractivity contribution in [3.8, 4) is 0 Å². The van der Waals surface area contributed by atoms with Gasteiger partial charge in [-0.25, -0.2) is 0 Å². The number of amides is 1. The molecule has 0 aliphatic heterocycles. The first-order valence-corrected chi connectivity index (χ1v) is 6.77. The van der Waals surface area contributed by atoms with Gasteiger partial charge in [0.15, 0.2) is 0 Å². The van der Waals surface area contributed by atoms with Crippen molar-refractivity contribution in [2.75, 3.05) is 20.6 Å². The molecule has 0 aromatic carbocycles. The molecule has 0 bridgehead atoms. The zero-order valence-electron chi connectivity index (χ0n) is 11.6. The Kier molecular flexibility index (Phi) is 5.92. The average Bonchev–Trinajstić information content (AvgIpc) is 2.37. The summed E-state index contributed by atoms with van der Waals surface area (Å²) in [5, 5.41) is 6.23. The number of carbonyl (C=O) groups is 1. The quantitative estimate of drug-likeness (QED) is 0.754. The molecular weight excluding hydrogens is 214 g/mol. The molecule has 0 aromatic rings. The SMILES string of the molecule is CCNC(=O)C(C)N(C)C1CCC(NC)CC1. The van der Waals surface area contributed by atoms with Crippen LogP contribution in [0.2, 0.25) is 0 Å². The third-order valence-electron chi connectivity index (χ3n) is 4.02. The van der Waals surface area contributed by atoms with Crippen LogP contribution in [0.25, 0.3) is 0 Å². The van der Waals surface area contributed by atoms with Gasteiger partial charge >= 0.3 is 0 Å². The van der Waals surface area contributed by atoms with Gasteiger partial charge in [0.2, 0.25) is 5.91 Å². The van der Waals surface area contributed by atoms with Gasteiger partial charge in [-0.1, -0.05) is 0 Å². The Balaban J connectivity index is 2.42. The Hall–Kier alpha value is -0.610. The summed E-state index contributed by atoms with van der Waals surface area (Å²) in [6.45, 7) is 4.67. The van der Waals surface area contributed by atoms with E-state index in [1.165, 1.54) is 25.7 Å². The molecule has 1 saturated carbocycles. The zero-order valence-corrected chi connectivity index (χ0v) is 11.6. The predicted molar refractivity (Wildman–Crippen MR) is 71.0 cm³/mol. The van der Waals surface area contributed by atoms with E-state index in [0.717, 1.165) is 0 Å². The van der Waals surface area contributed by atoms with Crippen molar-refractivity contribution in [3.63, 3.8) is 0 Å². The van der Waals surface area contributed by atoms with E-state index in [0.29, 0.717) is 18.6 Å². The van der Waals surface area contributed by atoms with Gasteiger partial charge in [-0.3, -0.25) is 9.69 Å². The predicted octanol–water partition coefficient (Wildman–Crippen LogP) is 0.973. The Morgan fingerprint density at radius 1 is 1.35 bits per heavy atom. The van der Waals surface area contributed by atoms with Crippen LogP contribution in [-0.2, 0) is 4.79 Å². The first-order chi connectivity index (χ1) is 8.10. The van der Waals surface area contributed by atoms with Crippen LogP contribution in [0.15, 0.2) is 0 Å². The van der Waals surface area contributed by atoms with Crippen LogP contribution >= 0.6 is 0 Å². The topological polar surface area (TPSA) is 44.4 Å². The Morgan fingerprint density at radius 2 is 1.94 bits per heavy atom. The van der Waals surface area contributed by atoms with Gasteiger partial charge in [0, 0.05) is 18.6 Å². The molecule has 0 aromatic heterocycles. The van der Waals surface area contributed by atoms with Gasteiger partial charge in [0.25, 0.3) is 0 Å². The van der Waals surface area contributed by atoms with E-state index in [9.17, 15) is 4.79 Å². The highest BCUT2D eigenvalue weighted by Crippen LogP contribution is 2.23. The second kappa shape index (κ2) is 6.97. The first kappa shape index (κ1) is 14.5. The summed E-state index contributed by atoms with van der Waals surface area (Å²) in [4.78, 5) is 14.0. The summed E-state index contributed by atoms with van der Waals surface area (Å²) >= 11 is 0. The highest BCUT2D eigenvalue weighted by atomic mass is 16.2. The molecule has 100 valence electrons. The molecule has 0 spiro atoms. The lowest BCUT2D eigenvalue weighted by molar-refractivity contribution is -0.126. The maximum atomic E-state index is 11.8. The molecular formula is C13H27N3O. The molecule has 0 saturated heterocycles. The lowest BCUT2D eigenvalue weighted by Crippen LogP contribution is -2.49. The van der Waals surface area contributed by atoms with Crippen LogP contribution < -0.4 is 10.6 Å². The number of nitrogens with zero attached hydrogens (tertiary/aromatic N) is 1. The van der Waals surface area contributed by atoms with E-state index >= 15 is 0 Å². The van der Waals surface area contributed by atoms with E-state index < -0.39 is 0 Å². The Bertz CT molecular complexity index is 237. The summed E-state index contributed by atoms with van der Waals surface area (Å²) < 4.78 is 0. The second-order valence-electron chi connectivity index (χ2n) is 5.03. The highest BCUT2D eigenvalue weighted by Gasteiger charge is 2.28. The van der Waals surface area contributed by atoms with E-state index in [-0.39, 0.29) is 11.9 Å². The average molecular weight is 241 g/mol. The highest BCUT2D eigenvalue weighted by molar-refractivity contribution is 5.81. The number of hydrogen-bond acceptors (Lipinski definition) is 3. The van der Waals surface area contributed by atoms with E-state index in [1.54, 1.807) is 0 Å². The molecule has 17 heavy (non-hydrogen) atoms. The lowest BCUT2D eigenvalue weighted by Gasteiger charge is -2.37. The summed E-state index contributed by atoms with van der Waals surface area (Å²) in [6.07, 6.45) is 4.80. The van der Waals surface area contributed by atoms with Crippen molar-refractivity contribution in [2.24, 2.45) is 0 Å². The van der Waals surface area contributed by atoms with Gasteiger partial charge in [-0.05, 0) is 53.6 Å². The molecule has 1 unspecified atom stereocenters. The van der Waals surface area contributed by atoms with Crippen LogP contribution in [0.5, 0.6) is 0 Å². The molecule has 1 fully saturated rings. The lowest BCUT2D eigenvalue weighted by atomic mass is 9.90. The molecule has 0 heterocycles. The maximum absolute atomic E-state index is 11.8. The number of hydrogen-bond donors (Lipinski definition) is 2. The van der Waals surface area contributed by atoms with Crippen molar-refractivity contribution in [1.29, 1.82) is 0 Å². The summed E-state index contributed by atoms with van der Waals surface area (Å²) in [7, 11) is 4.11. The summed E-state index contributed by atoms with van der Waals surface area (Å²) in [6, 6.07) is 1.20. The number of carbonyl (C=O) groups excluding carboxylic acids is 1. The summed E-state index contributed by atoms with van der Waals surface area (Å²) in [5.41, 5.74) is 0. The number of nitrogens with one attached hydrogen (secondary N) is 2. The van der Waals surface area contributed by atoms with Crippen LogP contribution in [0.3, 0.4) is 0 Å². The minimum absolute atomic E-state index is 0.0221. The molecule has 0 radical (unpaired) electrons. The summed E-state index contributed by atoms with van der Waals surface area (Å²) in [5.74, 6) is 0.144. The van der Waals surface area contributed by atoms with Crippen molar-refractivity contribution in [3.05, 3.63) is 0 Å². The Morgan fingerprint density at radius 3 is 2.41 bits per heavy atom. The molecule has 4 heteroatoms. The van der Waals surface area contributed by atoms with Crippen molar-refractivity contribution >= 4 is 5.91 Å². The van der Waals surface area contributed by atoms with Gasteiger partial charge in [0.1, 0.15) is 0 Å².